The first-order valence-corrected chi connectivity index (χ1v) is 10.6. The summed E-state index contributed by atoms with van der Waals surface area (Å²) in [6.07, 6.45) is 11.7. The van der Waals surface area contributed by atoms with Gasteiger partial charge in [0.05, 0.1) is 11.0 Å². The smallest absolute Gasteiger partial charge is 0.269 e. The third-order valence-corrected chi connectivity index (χ3v) is 7.44. The maximum Gasteiger partial charge on any atom is 0.269 e. The Kier molecular flexibility index (Phi) is 3.55. The monoisotopic (exact) mass is 384 g/mol. The Labute approximate surface area is 170 Å². The molecule has 0 bridgehead atoms. The summed E-state index contributed by atoms with van der Waals surface area (Å²) in [6, 6.07) is 12.4. The molecule has 4 aliphatic rings. The first-order valence-electron chi connectivity index (χ1n) is 10.6. The van der Waals surface area contributed by atoms with E-state index in [4.69, 9.17) is 0 Å². The molecule has 0 N–H and O–H groups in total. The zero-order valence-electron chi connectivity index (χ0n) is 16.5. The summed E-state index contributed by atoms with van der Waals surface area (Å²) in [5, 5.41) is 11.1. The van der Waals surface area contributed by atoms with Crippen molar-refractivity contribution in [3.05, 3.63) is 93.1 Å². The van der Waals surface area contributed by atoms with Crippen LogP contribution in [0, 0.1) is 28.9 Å². The molecule has 0 aromatic heterocycles. The number of rotatable bonds is 2. The van der Waals surface area contributed by atoms with Crippen LogP contribution >= 0.6 is 0 Å². The molecule has 2 aliphatic heterocycles. The molecule has 146 valence electrons. The van der Waals surface area contributed by atoms with Gasteiger partial charge in [0, 0.05) is 36.2 Å². The second-order valence-electron chi connectivity index (χ2n) is 9.04. The molecule has 2 heterocycles. The fourth-order valence-corrected chi connectivity index (χ4v) is 6.30. The summed E-state index contributed by atoms with van der Waals surface area (Å²) >= 11 is 0. The molecule has 4 nitrogen and oxygen atoms in total. The second kappa shape index (κ2) is 6.06. The molecule has 4 heteroatoms. The van der Waals surface area contributed by atoms with E-state index >= 15 is 0 Å². The normalized spacial score (nSPS) is 30.8. The molecule has 0 fully saturated rings. The summed E-state index contributed by atoms with van der Waals surface area (Å²) < 4.78 is 0. The van der Waals surface area contributed by atoms with Gasteiger partial charge in [-0.3, -0.25) is 10.1 Å². The minimum absolute atomic E-state index is 0.168. The number of fused-ring (bicyclic) bond motifs is 4. The highest BCUT2D eigenvalue weighted by Crippen LogP contribution is 2.58. The lowest BCUT2D eigenvalue weighted by atomic mass is 9.70. The van der Waals surface area contributed by atoms with Crippen LogP contribution in [0.15, 0.2) is 60.7 Å². The van der Waals surface area contributed by atoms with E-state index in [0.717, 1.165) is 19.4 Å². The minimum Gasteiger partial charge on any atom is -0.363 e. The molecule has 5 atom stereocenters. The van der Waals surface area contributed by atoms with Crippen LogP contribution < -0.4 is 4.90 Å². The number of nitro groups is 1. The molecule has 0 saturated heterocycles. The average molecular weight is 384 g/mol. The number of anilines is 1. The third kappa shape index (κ3) is 2.38. The summed E-state index contributed by atoms with van der Waals surface area (Å²) in [5.41, 5.74) is 7.12. The van der Waals surface area contributed by atoms with Crippen LogP contribution in [0.4, 0.5) is 11.4 Å². The molecule has 29 heavy (non-hydrogen) atoms. The zero-order valence-corrected chi connectivity index (χ0v) is 16.5. The van der Waals surface area contributed by atoms with Crippen LogP contribution in [-0.2, 0) is 0 Å². The van der Waals surface area contributed by atoms with Gasteiger partial charge in [-0.15, -0.1) is 0 Å². The summed E-state index contributed by atoms with van der Waals surface area (Å²) in [4.78, 5) is 13.5. The van der Waals surface area contributed by atoms with Gasteiger partial charge in [0.1, 0.15) is 0 Å². The molecular weight excluding hydrogens is 360 g/mol. The van der Waals surface area contributed by atoms with Crippen LogP contribution in [-0.4, -0.2) is 11.5 Å². The second-order valence-corrected chi connectivity index (χ2v) is 9.04. The van der Waals surface area contributed by atoms with E-state index in [-0.39, 0.29) is 16.7 Å². The molecule has 6 rings (SSSR count). The Balaban J connectivity index is 1.54. The van der Waals surface area contributed by atoms with Crippen molar-refractivity contribution >= 4 is 11.4 Å². The van der Waals surface area contributed by atoms with Crippen molar-refractivity contribution in [1.29, 1.82) is 0 Å². The number of non-ortho nitro benzene ring substituents is 1. The number of nitrogens with zero attached hydrogens (tertiary/aromatic N) is 2. The SMILES string of the molecule is Cc1cc2c3c(c1)[C@H]1C=CC[C@@H]1[C@H](c1ccc([N+](=O)[O-])cc1)N3C[C@H]1CC=C[C@H]21. The molecule has 2 aromatic carbocycles. The fraction of sp³-hybridized carbons (Fsp3) is 0.360. The lowest BCUT2D eigenvalue weighted by Crippen LogP contribution is -2.46. The zero-order chi connectivity index (χ0) is 19.7. The van der Waals surface area contributed by atoms with Crippen molar-refractivity contribution in [2.45, 2.75) is 37.6 Å². The highest BCUT2D eigenvalue weighted by molar-refractivity contribution is 5.70. The van der Waals surface area contributed by atoms with Gasteiger partial charge >= 0.3 is 0 Å². The number of hydrogen-bond acceptors (Lipinski definition) is 3. The topological polar surface area (TPSA) is 46.4 Å². The predicted molar refractivity (Wildman–Crippen MR) is 114 cm³/mol. The Morgan fingerprint density at radius 3 is 2.45 bits per heavy atom. The van der Waals surface area contributed by atoms with Gasteiger partial charge in [-0.1, -0.05) is 54.1 Å². The maximum atomic E-state index is 11.1. The lowest BCUT2D eigenvalue weighted by Gasteiger charge is -2.51. The Hall–Kier alpha value is -2.88. The van der Waals surface area contributed by atoms with E-state index in [9.17, 15) is 10.1 Å². The van der Waals surface area contributed by atoms with Crippen molar-refractivity contribution in [2.24, 2.45) is 11.8 Å². The summed E-state index contributed by atoms with van der Waals surface area (Å²) in [6.45, 7) is 3.28. The van der Waals surface area contributed by atoms with Gasteiger partial charge in [0.15, 0.2) is 0 Å². The van der Waals surface area contributed by atoms with E-state index in [1.165, 1.54) is 27.9 Å². The van der Waals surface area contributed by atoms with Crippen molar-refractivity contribution in [2.75, 3.05) is 11.4 Å². The largest absolute Gasteiger partial charge is 0.363 e. The molecule has 0 spiro atoms. The lowest BCUT2D eigenvalue weighted by molar-refractivity contribution is -0.384. The van der Waals surface area contributed by atoms with E-state index in [2.05, 4.69) is 48.3 Å². The van der Waals surface area contributed by atoms with E-state index in [0.29, 0.717) is 23.7 Å². The highest BCUT2D eigenvalue weighted by atomic mass is 16.6. The number of hydrogen-bond donors (Lipinski definition) is 0. The van der Waals surface area contributed by atoms with Crippen LogP contribution in [0.5, 0.6) is 0 Å². The van der Waals surface area contributed by atoms with Gasteiger partial charge in [-0.2, -0.15) is 0 Å². The fourth-order valence-electron chi connectivity index (χ4n) is 6.30. The quantitative estimate of drug-likeness (QED) is 0.374. The Morgan fingerprint density at radius 2 is 1.69 bits per heavy atom. The van der Waals surface area contributed by atoms with Crippen LogP contribution in [0.2, 0.25) is 0 Å². The van der Waals surface area contributed by atoms with Crippen LogP contribution in [0.25, 0.3) is 0 Å². The number of benzene rings is 2. The molecule has 2 aliphatic carbocycles. The predicted octanol–water partition coefficient (Wildman–Crippen LogP) is 5.80. The number of nitro benzene ring substituents is 1. The Bertz CT molecular complexity index is 1050. The summed E-state index contributed by atoms with van der Waals surface area (Å²) in [5.74, 6) is 2.08. The van der Waals surface area contributed by atoms with Crippen LogP contribution in [0.3, 0.4) is 0 Å². The molecule has 0 unspecified atom stereocenters. The molecule has 0 saturated carbocycles. The maximum absolute atomic E-state index is 11.1. The standard InChI is InChI=1S/C25H24N2O2/c1-15-12-22-19-5-2-4-17(19)14-26-24(16-8-10-18(11-9-16)27(28)29)21-7-3-6-20(21)23(13-15)25(22)26/h2-3,5-6,8-13,17,19-21,24H,4,7,14H2,1H3/t17-,19+,20+,21+,24+/m1/s1. The van der Waals surface area contributed by atoms with Crippen molar-refractivity contribution in [1.82, 2.24) is 0 Å². The van der Waals surface area contributed by atoms with E-state index in [1.807, 2.05) is 12.1 Å². The molecule has 2 aromatic rings. The number of aryl methyl sites for hydroxylation is 1. The van der Waals surface area contributed by atoms with E-state index < -0.39 is 0 Å². The Morgan fingerprint density at radius 1 is 1.00 bits per heavy atom. The highest BCUT2D eigenvalue weighted by Gasteiger charge is 2.47. The summed E-state index contributed by atoms with van der Waals surface area (Å²) in [7, 11) is 0. The first-order chi connectivity index (χ1) is 14.1. The van der Waals surface area contributed by atoms with Crippen LogP contribution in [0.1, 0.15) is 53.0 Å². The molecule has 0 amide bonds. The number of allylic oxidation sites excluding steroid dienone is 4. The van der Waals surface area contributed by atoms with Crippen molar-refractivity contribution < 1.29 is 4.92 Å². The van der Waals surface area contributed by atoms with Crippen molar-refractivity contribution in [3.8, 4) is 0 Å². The van der Waals surface area contributed by atoms with Crippen molar-refractivity contribution in [3.63, 3.8) is 0 Å². The van der Waals surface area contributed by atoms with Gasteiger partial charge < -0.3 is 4.90 Å². The molecule has 0 radical (unpaired) electrons. The third-order valence-electron chi connectivity index (χ3n) is 7.44. The minimum atomic E-state index is -0.309. The van der Waals surface area contributed by atoms with Gasteiger partial charge in [-0.25, -0.2) is 0 Å². The van der Waals surface area contributed by atoms with Gasteiger partial charge in [0.25, 0.3) is 5.69 Å². The van der Waals surface area contributed by atoms with Gasteiger partial charge in [-0.05, 0) is 48.3 Å². The molecular formula is C25H24N2O2. The average Bonchev–Trinajstić information content (AvgIpc) is 3.37. The van der Waals surface area contributed by atoms with Gasteiger partial charge in [0.2, 0.25) is 0 Å². The first kappa shape index (κ1) is 17.0. The van der Waals surface area contributed by atoms with E-state index in [1.54, 1.807) is 12.1 Å².